The molecule has 0 saturated carbocycles. The standard InChI is InChI=1S/C21H25FN2O2/c1-2-3-15-24(21(26)18-7-5-4-6-8-18)16-20(25)23-14-13-17-9-11-19(22)12-10-17/h4-12H,2-3,13-16H2,1H3,(H,23,25). The molecule has 5 heteroatoms. The van der Waals surface area contributed by atoms with Crippen molar-refractivity contribution in [1.29, 1.82) is 0 Å². The second-order valence-electron chi connectivity index (χ2n) is 6.17. The van der Waals surface area contributed by atoms with Gasteiger partial charge in [-0.15, -0.1) is 0 Å². The van der Waals surface area contributed by atoms with E-state index < -0.39 is 0 Å². The van der Waals surface area contributed by atoms with Crippen LogP contribution in [0.1, 0.15) is 35.7 Å². The van der Waals surface area contributed by atoms with Crippen LogP contribution in [-0.4, -0.2) is 36.3 Å². The van der Waals surface area contributed by atoms with Gasteiger partial charge in [-0.25, -0.2) is 4.39 Å². The van der Waals surface area contributed by atoms with Crippen molar-refractivity contribution in [3.8, 4) is 0 Å². The molecule has 0 aliphatic heterocycles. The van der Waals surface area contributed by atoms with Crippen LogP contribution >= 0.6 is 0 Å². The first kappa shape index (κ1) is 19.6. The number of benzene rings is 2. The maximum atomic E-state index is 12.9. The third-order valence-electron chi connectivity index (χ3n) is 4.07. The topological polar surface area (TPSA) is 49.4 Å². The molecule has 4 nitrogen and oxygen atoms in total. The highest BCUT2D eigenvalue weighted by atomic mass is 19.1. The first-order chi connectivity index (χ1) is 12.6. The van der Waals surface area contributed by atoms with Crippen LogP contribution in [0.3, 0.4) is 0 Å². The summed E-state index contributed by atoms with van der Waals surface area (Å²) >= 11 is 0. The van der Waals surface area contributed by atoms with Crippen LogP contribution in [0.25, 0.3) is 0 Å². The SMILES string of the molecule is CCCCN(CC(=O)NCCc1ccc(F)cc1)C(=O)c1ccccc1. The van der Waals surface area contributed by atoms with Gasteiger partial charge in [-0.3, -0.25) is 9.59 Å². The summed E-state index contributed by atoms with van der Waals surface area (Å²) in [4.78, 5) is 26.4. The Kier molecular flexibility index (Phi) is 7.80. The maximum Gasteiger partial charge on any atom is 0.254 e. The van der Waals surface area contributed by atoms with Gasteiger partial charge in [-0.2, -0.15) is 0 Å². The first-order valence-corrected chi connectivity index (χ1v) is 8.95. The lowest BCUT2D eigenvalue weighted by Crippen LogP contribution is -2.41. The van der Waals surface area contributed by atoms with Gasteiger partial charge in [-0.05, 0) is 42.7 Å². The third kappa shape index (κ3) is 6.31. The number of hydrogen-bond acceptors (Lipinski definition) is 2. The van der Waals surface area contributed by atoms with Crippen molar-refractivity contribution < 1.29 is 14.0 Å². The summed E-state index contributed by atoms with van der Waals surface area (Å²) in [7, 11) is 0. The molecule has 26 heavy (non-hydrogen) atoms. The van der Waals surface area contributed by atoms with E-state index in [4.69, 9.17) is 0 Å². The van der Waals surface area contributed by atoms with Crippen molar-refractivity contribution in [3.63, 3.8) is 0 Å². The summed E-state index contributed by atoms with van der Waals surface area (Å²) in [6.45, 7) is 3.09. The number of carbonyl (C=O) groups excluding carboxylic acids is 2. The van der Waals surface area contributed by atoms with Gasteiger partial charge in [0.15, 0.2) is 0 Å². The molecule has 2 aromatic rings. The summed E-state index contributed by atoms with van der Waals surface area (Å²) in [5.74, 6) is -0.594. The van der Waals surface area contributed by atoms with Crippen LogP contribution in [-0.2, 0) is 11.2 Å². The van der Waals surface area contributed by atoms with E-state index in [2.05, 4.69) is 5.32 Å². The van der Waals surface area contributed by atoms with Crippen LogP contribution in [0.2, 0.25) is 0 Å². The quantitative estimate of drug-likeness (QED) is 0.748. The number of hydrogen-bond donors (Lipinski definition) is 1. The van der Waals surface area contributed by atoms with Crippen LogP contribution in [0.5, 0.6) is 0 Å². The first-order valence-electron chi connectivity index (χ1n) is 8.95. The van der Waals surface area contributed by atoms with Gasteiger partial charge < -0.3 is 10.2 Å². The molecule has 0 atom stereocenters. The zero-order valence-electron chi connectivity index (χ0n) is 15.1. The van der Waals surface area contributed by atoms with Crippen LogP contribution in [0, 0.1) is 5.82 Å². The smallest absolute Gasteiger partial charge is 0.254 e. The van der Waals surface area contributed by atoms with E-state index in [0.29, 0.717) is 25.1 Å². The van der Waals surface area contributed by atoms with E-state index >= 15 is 0 Å². The fraction of sp³-hybridized carbons (Fsp3) is 0.333. The molecule has 0 spiro atoms. The van der Waals surface area contributed by atoms with Crippen molar-refractivity contribution in [3.05, 3.63) is 71.5 Å². The number of rotatable bonds is 9. The van der Waals surface area contributed by atoms with Crippen LogP contribution in [0.4, 0.5) is 4.39 Å². The number of amides is 2. The van der Waals surface area contributed by atoms with Crippen LogP contribution < -0.4 is 5.32 Å². The normalized spacial score (nSPS) is 10.4. The Morgan fingerprint density at radius 1 is 1.04 bits per heavy atom. The van der Waals surface area contributed by atoms with Gasteiger partial charge in [0.05, 0.1) is 6.54 Å². The molecule has 0 aromatic heterocycles. The van der Waals surface area contributed by atoms with E-state index in [-0.39, 0.29) is 24.2 Å². The lowest BCUT2D eigenvalue weighted by atomic mass is 10.1. The second kappa shape index (κ2) is 10.3. The fourth-order valence-corrected chi connectivity index (χ4v) is 2.59. The Labute approximate surface area is 154 Å². The molecule has 0 saturated heterocycles. The summed E-state index contributed by atoms with van der Waals surface area (Å²) in [5.41, 5.74) is 1.54. The molecule has 2 aromatic carbocycles. The van der Waals surface area contributed by atoms with Gasteiger partial charge in [0, 0.05) is 18.7 Å². The zero-order valence-corrected chi connectivity index (χ0v) is 15.1. The molecule has 0 heterocycles. The van der Waals surface area contributed by atoms with Crippen molar-refractivity contribution in [1.82, 2.24) is 10.2 Å². The molecule has 2 rings (SSSR count). The van der Waals surface area contributed by atoms with E-state index in [1.807, 2.05) is 25.1 Å². The van der Waals surface area contributed by atoms with Crippen molar-refractivity contribution in [2.45, 2.75) is 26.2 Å². The van der Waals surface area contributed by atoms with Gasteiger partial charge in [0.2, 0.25) is 5.91 Å². The minimum atomic E-state index is -0.274. The minimum absolute atomic E-state index is 0.0388. The number of unbranched alkanes of at least 4 members (excludes halogenated alkanes) is 1. The molecule has 0 fully saturated rings. The minimum Gasteiger partial charge on any atom is -0.354 e. The zero-order chi connectivity index (χ0) is 18.8. The third-order valence-corrected chi connectivity index (χ3v) is 4.07. The lowest BCUT2D eigenvalue weighted by Gasteiger charge is -2.22. The Morgan fingerprint density at radius 3 is 2.38 bits per heavy atom. The van der Waals surface area contributed by atoms with Crippen molar-refractivity contribution in [2.24, 2.45) is 0 Å². The average molecular weight is 356 g/mol. The molecular formula is C21H25FN2O2. The summed E-state index contributed by atoms with van der Waals surface area (Å²) in [6, 6.07) is 15.2. The maximum absolute atomic E-state index is 12.9. The molecule has 0 aliphatic carbocycles. The molecular weight excluding hydrogens is 331 g/mol. The average Bonchev–Trinajstić information content (AvgIpc) is 2.67. The van der Waals surface area contributed by atoms with Gasteiger partial charge >= 0.3 is 0 Å². The Bertz CT molecular complexity index is 702. The summed E-state index contributed by atoms with van der Waals surface area (Å²) < 4.78 is 12.9. The Balaban J connectivity index is 1.87. The van der Waals surface area contributed by atoms with Gasteiger partial charge in [-0.1, -0.05) is 43.7 Å². The number of carbonyl (C=O) groups is 2. The largest absolute Gasteiger partial charge is 0.354 e. The van der Waals surface area contributed by atoms with E-state index in [0.717, 1.165) is 18.4 Å². The highest BCUT2D eigenvalue weighted by molar-refractivity contribution is 5.96. The second-order valence-corrected chi connectivity index (χ2v) is 6.17. The highest BCUT2D eigenvalue weighted by Gasteiger charge is 2.18. The van der Waals surface area contributed by atoms with Crippen molar-refractivity contribution in [2.75, 3.05) is 19.6 Å². The molecule has 0 radical (unpaired) electrons. The predicted octanol–water partition coefficient (Wildman–Crippen LogP) is 3.43. The highest BCUT2D eigenvalue weighted by Crippen LogP contribution is 2.07. The number of halogens is 1. The van der Waals surface area contributed by atoms with Gasteiger partial charge in [0.1, 0.15) is 5.82 Å². The Hall–Kier alpha value is -2.69. The number of nitrogens with zero attached hydrogens (tertiary/aromatic N) is 1. The van der Waals surface area contributed by atoms with Crippen molar-refractivity contribution >= 4 is 11.8 Å². The fourth-order valence-electron chi connectivity index (χ4n) is 2.59. The van der Waals surface area contributed by atoms with E-state index in [9.17, 15) is 14.0 Å². The number of nitrogens with one attached hydrogen (secondary N) is 1. The van der Waals surface area contributed by atoms with E-state index in [1.54, 1.807) is 29.2 Å². The molecule has 1 N–H and O–H groups in total. The summed E-state index contributed by atoms with van der Waals surface area (Å²) in [6.07, 6.45) is 2.42. The molecule has 138 valence electrons. The monoisotopic (exact) mass is 356 g/mol. The van der Waals surface area contributed by atoms with Crippen LogP contribution in [0.15, 0.2) is 54.6 Å². The molecule has 0 unspecified atom stereocenters. The molecule has 2 amide bonds. The summed E-state index contributed by atoms with van der Waals surface area (Å²) in [5, 5.41) is 2.83. The predicted molar refractivity (Wildman–Crippen MR) is 100 cm³/mol. The lowest BCUT2D eigenvalue weighted by molar-refractivity contribution is -0.121. The molecule has 0 aliphatic rings. The van der Waals surface area contributed by atoms with Gasteiger partial charge in [0.25, 0.3) is 5.91 Å². The van der Waals surface area contributed by atoms with E-state index in [1.165, 1.54) is 12.1 Å². The Morgan fingerprint density at radius 2 is 1.73 bits per heavy atom. The molecule has 0 bridgehead atoms.